The molecule has 1 unspecified atom stereocenters. The first-order chi connectivity index (χ1) is 29.4. The summed E-state index contributed by atoms with van der Waals surface area (Å²) < 4.78 is 19.1. The van der Waals surface area contributed by atoms with E-state index in [-0.39, 0.29) is 5.82 Å². The average molecular weight is 876 g/mol. The third-order valence-electron chi connectivity index (χ3n) is 12.9. The molecule has 0 saturated carbocycles. The molecule has 5 aromatic carbocycles. The molecule has 0 aliphatic rings. The summed E-state index contributed by atoms with van der Waals surface area (Å²) in [4.78, 5) is 0. The van der Waals surface area contributed by atoms with Gasteiger partial charge in [0.05, 0.1) is 32.3 Å². The second-order valence-electron chi connectivity index (χ2n) is 17.3. The van der Waals surface area contributed by atoms with Gasteiger partial charge in [-0.3, -0.25) is 0 Å². The molecule has 0 N–H and O–H groups in total. The Kier molecular flexibility index (Phi) is 20.3. The number of anilines is 1. The number of hydrogen-bond donors (Lipinski definition) is 0. The number of hydrogen-bond acceptors (Lipinski definition) is 1. The summed E-state index contributed by atoms with van der Waals surface area (Å²) in [6, 6.07) is 57.9. The van der Waals surface area contributed by atoms with Gasteiger partial charge in [-0.25, -0.2) is 4.39 Å². The molecule has 0 amide bonds. The highest BCUT2D eigenvalue weighted by Gasteiger charge is 2.37. The van der Waals surface area contributed by atoms with Crippen molar-refractivity contribution >= 4 is 69.6 Å². The van der Waals surface area contributed by atoms with Gasteiger partial charge in [0, 0.05) is 26.9 Å². The average Bonchev–Trinajstić information content (AvgIpc) is 3.30. The molecule has 0 bridgehead atoms. The van der Waals surface area contributed by atoms with E-state index in [2.05, 4.69) is 155 Å². The maximum absolute atomic E-state index is 16.5. The van der Waals surface area contributed by atoms with E-state index in [4.69, 9.17) is 0 Å². The van der Waals surface area contributed by atoms with Gasteiger partial charge in [0.2, 0.25) is 0 Å². The number of nitrogens with zero attached hydrogens (tertiary/aromatic N) is 1. The molecule has 1 nitrogen and oxygen atoms in total. The summed E-state index contributed by atoms with van der Waals surface area (Å²) in [6.45, 7) is 14.2. The summed E-state index contributed by atoms with van der Waals surface area (Å²) in [5.41, 5.74) is 1.14. The van der Waals surface area contributed by atoms with Crippen molar-refractivity contribution in [3.63, 3.8) is 0 Å². The molecular formula is C54H76FNP2Si2. The first-order valence-electron chi connectivity index (χ1n) is 23.9. The van der Waals surface area contributed by atoms with Gasteiger partial charge in [0.15, 0.2) is 0 Å². The third kappa shape index (κ3) is 12.4. The number of halogens is 1. The van der Waals surface area contributed by atoms with Crippen LogP contribution in [0.15, 0.2) is 133 Å². The number of unbranched alkanes of at least 4 members (excludes halogenated alkanes) is 6. The molecule has 0 fully saturated rings. The van der Waals surface area contributed by atoms with E-state index < -0.39 is 32.3 Å². The molecule has 6 heteroatoms. The van der Waals surface area contributed by atoms with Crippen molar-refractivity contribution in [2.24, 2.45) is 0 Å². The van der Waals surface area contributed by atoms with Gasteiger partial charge >= 0.3 is 0 Å². The first kappa shape index (κ1) is 48.2. The minimum Gasteiger partial charge on any atom is -0.313 e. The first-order valence-corrected chi connectivity index (χ1v) is 31.7. The summed E-state index contributed by atoms with van der Waals surface area (Å²) in [5.74, 6) is -0.133. The van der Waals surface area contributed by atoms with Crippen molar-refractivity contribution in [1.82, 2.24) is 0 Å². The zero-order chi connectivity index (χ0) is 42.6. The Morgan fingerprint density at radius 3 is 1.08 bits per heavy atom. The molecule has 5 rings (SSSR count). The van der Waals surface area contributed by atoms with Gasteiger partial charge in [-0.05, 0) is 24.3 Å². The van der Waals surface area contributed by atoms with Crippen LogP contribution in [0.1, 0.15) is 119 Å². The van der Waals surface area contributed by atoms with Crippen molar-refractivity contribution in [2.45, 2.75) is 155 Å². The summed E-state index contributed by atoms with van der Waals surface area (Å²) in [7, 11) is -5.84. The zero-order valence-corrected chi connectivity index (χ0v) is 41.9. The SMILES string of the molecule is CCCC[Si](CCCC)(CCCC)c1ccc(P(c2ccc([Si](CCCC)(CCCC)CCCC)cc2)N(c2ccccc2)P(c2ccccc2)c2ccccc2F)cc1. The van der Waals surface area contributed by atoms with Crippen molar-refractivity contribution in [2.75, 3.05) is 4.44 Å². The highest BCUT2D eigenvalue weighted by Crippen LogP contribution is 2.57. The molecule has 5 aromatic rings. The fourth-order valence-electron chi connectivity index (χ4n) is 9.41. The van der Waals surface area contributed by atoms with Crippen molar-refractivity contribution < 1.29 is 4.39 Å². The standard InChI is InChI=1S/C54H76FNP2Si2/c1-7-13-41-59(42-14-8-2,43-15-9-3)51-37-33-49(34-38-51)57(50-35-39-52(40-36-50)60(44-16-10-4,45-17-11-5)46-18-12-6)56(47-27-21-19-22-28-47)58(48-29-23-20-24-30-48)54-32-26-25-31-53(54)55/h19-40H,7-18,41-46H2,1-6H3. The van der Waals surface area contributed by atoms with E-state index in [1.807, 2.05) is 18.2 Å². The molecule has 0 aliphatic carbocycles. The van der Waals surface area contributed by atoms with Gasteiger partial charge in [0.25, 0.3) is 0 Å². The van der Waals surface area contributed by atoms with Crippen molar-refractivity contribution in [3.05, 3.63) is 139 Å². The molecule has 322 valence electrons. The van der Waals surface area contributed by atoms with Crippen molar-refractivity contribution in [1.29, 1.82) is 0 Å². The number of benzene rings is 5. The Bertz CT molecular complexity index is 1800. The summed E-state index contributed by atoms with van der Waals surface area (Å²) in [6.07, 6.45) is 15.5. The maximum Gasteiger partial charge on any atom is 0.132 e. The highest BCUT2D eigenvalue weighted by molar-refractivity contribution is 7.90. The predicted octanol–water partition coefficient (Wildman–Crippen LogP) is 14.8. The Hall–Kier alpha value is -2.88. The Morgan fingerprint density at radius 2 is 0.717 bits per heavy atom. The minimum atomic E-state index is -1.71. The highest BCUT2D eigenvalue weighted by atomic mass is 31.2. The minimum absolute atomic E-state index is 0.133. The van der Waals surface area contributed by atoms with Crippen LogP contribution >= 0.6 is 16.1 Å². The molecule has 0 radical (unpaired) electrons. The van der Waals surface area contributed by atoms with E-state index in [0.717, 1.165) is 16.3 Å². The number of para-hydroxylation sites is 1. The molecule has 0 spiro atoms. The predicted molar refractivity (Wildman–Crippen MR) is 276 cm³/mol. The molecule has 0 aliphatic heterocycles. The monoisotopic (exact) mass is 875 g/mol. The van der Waals surface area contributed by atoms with Gasteiger partial charge in [0.1, 0.15) is 5.82 Å². The molecule has 0 saturated heterocycles. The Morgan fingerprint density at radius 1 is 0.383 bits per heavy atom. The van der Waals surface area contributed by atoms with Crippen LogP contribution in [0, 0.1) is 5.82 Å². The Labute approximate surface area is 370 Å². The lowest BCUT2D eigenvalue weighted by molar-refractivity contribution is 0.636. The fourth-order valence-corrected chi connectivity index (χ4v) is 26.5. The van der Waals surface area contributed by atoms with Gasteiger partial charge in [-0.15, -0.1) is 0 Å². The van der Waals surface area contributed by atoms with Crippen LogP contribution in [-0.4, -0.2) is 16.1 Å². The van der Waals surface area contributed by atoms with Crippen LogP contribution < -0.4 is 36.0 Å². The van der Waals surface area contributed by atoms with Crippen LogP contribution in [0.2, 0.25) is 36.3 Å². The normalized spacial score (nSPS) is 12.5. The lowest BCUT2D eigenvalue weighted by Crippen LogP contribution is -2.48. The fraction of sp³-hybridized carbons (Fsp3) is 0.444. The molecular weight excluding hydrogens is 800 g/mol. The topological polar surface area (TPSA) is 3.24 Å². The van der Waals surface area contributed by atoms with Crippen LogP contribution in [0.4, 0.5) is 10.1 Å². The summed E-state index contributed by atoms with van der Waals surface area (Å²) in [5, 5.41) is 7.94. The smallest absolute Gasteiger partial charge is 0.132 e. The summed E-state index contributed by atoms with van der Waals surface area (Å²) >= 11 is 0. The van der Waals surface area contributed by atoms with E-state index in [9.17, 15) is 0 Å². The third-order valence-corrected chi connectivity index (χ3v) is 29.4. The van der Waals surface area contributed by atoms with Crippen molar-refractivity contribution in [3.8, 4) is 0 Å². The van der Waals surface area contributed by atoms with Crippen LogP contribution in [0.5, 0.6) is 0 Å². The lowest BCUT2D eigenvalue weighted by Gasteiger charge is -2.41. The quantitative estimate of drug-likeness (QED) is 0.0375. The second kappa shape index (κ2) is 25.3. The van der Waals surface area contributed by atoms with Gasteiger partial charge in [-0.1, -0.05) is 274 Å². The van der Waals surface area contributed by atoms with Crippen LogP contribution in [0.3, 0.4) is 0 Å². The lowest BCUT2D eigenvalue weighted by atomic mass is 10.3. The van der Waals surface area contributed by atoms with E-state index in [1.165, 1.54) is 124 Å². The second-order valence-corrected chi connectivity index (χ2v) is 31.0. The largest absolute Gasteiger partial charge is 0.313 e. The van der Waals surface area contributed by atoms with Gasteiger partial charge < -0.3 is 4.44 Å². The number of rotatable bonds is 27. The van der Waals surface area contributed by atoms with E-state index in [0.29, 0.717) is 0 Å². The molecule has 1 atom stereocenters. The zero-order valence-electron chi connectivity index (χ0n) is 38.1. The van der Waals surface area contributed by atoms with E-state index in [1.54, 1.807) is 16.4 Å². The Balaban J connectivity index is 1.77. The molecule has 0 heterocycles. The van der Waals surface area contributed by atoms with E-state index >= 15 is 4.39 Å². The van der Waals surface area contributed by atoms with Crippen LogP contribution in [-0.2, 0) is 0 Å². The maximum atomic E-state index is 16.5. The molecule has 0 aromatic heterocycles. The molecule has 60 heavy (non-hydrogen) atoms. The van der Waals surface area contributed by atoms with Crippen LogP contribution in [0.25, 0.3) is 0 Å². The van der Waals surface area contributed by atoms with Gasteiger partial charge in [-0.2, -0.15) is 0 Å².